The Hall–Kier alpha value is -0.690. The number of amides is 1. The zero-order valence-electron chi connectivity index (χ0n) is 11.1. The number of carbonyl (C=O) groups is 1. The Morgan fingerprint density at radius 2 is 2.35 bits per heavy atom. The van der Waals surface area contributed by atoms with E-state index in [4.69, 9.17) is 33.7 Å². The number of hydrogen-bond donors (Lipinski definition) is 2. The summed E-state index contributed by atoms with van der Waals surface area (Å²) in [6.07, 6.45) is 4.07. The second kappa shape index (κ2) is 9.28. The Balaban J connectivity index is 2.26. The van der Waals surface area contributed by atoms with Gasteiger partial charge < -0.3 is 15.8 Å². The van der Waals surface area contributed by atoms with E-state index in [0.717, 1.165) is 5.75 Å². The number of aromatic nitrogens is 1. The molecular formula is C12H17Cl2N3O2S. The van der Waals surface area contributed by atoms with E-state index < -0.39 is 6.04 Å². The van der Waals surface area contributed by atoms with Crippen molar-refractivity contribution in [3.05, 3.63) is 22.3 Å². The summed E-state index contributed by atoms with van der Waals surface area (Å²) in [6.45, 7) is 0.599. The van der Waals surface area contributed by atoms with Crippen molar-refractivity contribution < 1.29 is 9.53 Å². The number of ether oxygens (including phenoxy) is 1. The maximum atomic E-state index is 11.6. The maximum Gasteiger partial charge on any atom is 0.237 e. The van der Waals surface area contributed by atoms with Crippen LogP contribution < -0.4 is 15.8 Å². The van der Waals surface area contributed by atoms with Crippen LogP contribution in [0.25, 0.3) is 0 Å². The van der Waals surface area contributed by atoms with Crippen LogP contribution in [0.1, 0.15) is 6.42 Å². The number of pyridine rings is 1. The molecule has 1 amide bonds. The standard InChI is InChI=1S/C12H17Cl2N3O2S/c1-20-5-2-10(15)11(18)16-3-4-19-12-9(14)6-8(13)7-17-12/h6-7,10H,2-5,15H2,1H3,(H,16,18)/t10-/m0/s1. The predicted octanol–water partition coefficient (Wildman–Crippen LogP) is 1.96. The number of nitrogens with two attached hydrogens (primary N) is 1. The number of hydrogen-bond acceptors (Lipinski definition) is 5. The van der Waals surface area contributed by atoms with E-state index in [-0.39, 0.29) is 18.4 Å². The van der Waals surface area contributed by atoms with Crippen LogP contribution in [0, 0.1) is 0 Å². The minimum atomic E-state index is -0.486. The second-order valence-electron chi connectivity index (χ2n) is 3.97. The van der Waals surface area contributed by atoms with Crippen LogP contribution in [0.3, 0.4) is 0 Å². The van der Waals surface area contributed by atoms with E-state index in [1.165, 1.54) is 6.20 Å². The lowest BCUT2D eigenvalue weighted by atomic mass is 10.2. The van der Waals surface area contributed by atoms with E-state index in [9.17, 15) is 4.79 Å². The molecule has 0 radical (unpaired) electrons. The molecule has 0 aliphatic rings. The monoisotopic (exact) mass is 337 g/mol. The van der Waals surface area contributed by atoms with Crippen molar-refractivity contribution in [3.8, 4) is 5.88 Å². The van der Waals surface area contributed by atoms with Gasteiger partial charge in [-0.3, -0.25) is 4.79 Å². The van der Waals surface area contributed by atoms with Crippen molar-refractivity contribution >= 4 is 40.9 Å². The van der Waals surface area contributed by atoms with Gasteiger partial charge in [-0.25, -0.2) is 4.98 Å². The van der Waals surface area contributed by atoms with Crippen molar-refractivity contribution in [2.75, 3.05) is 25.2 Å². The SMILES string of the molecule is CSCC[C@H](N)C(=O)NCCOc1ncc(Cl)cc1Cl. The summed E-state index contributed by atoms with van der Waals surface area (Å²) in [5.74, 6) is 0.963. The van der Waals surface area contributed by atoms with Gasteiger partial charge in [0.2, 0.25) is 11.8 Å². The number of thioether (sulfide) groups is 1. The Morgan fingerprint density at radius 1 is 1.60 bits per heavy atom. The Morgan fingerprint density at radius 3 is 3.00 bits per heavy atom. The molecule has 112 valence electrons. The highest BCUT2D eigenvalue weighted by Gasteiger charge is 2.12. The van der Waals surface area contributed by atoms with Gasteiger partial charge in [0.15, 0.2) is 0 Å². The average molecular weight is 338 g/mol. The highest BCUT2D eigenvalue weighted by molar-refractivity contribution is 7.98. The normalized spacial score (nSPS) is 12.0. The van der Waals surface area contributed by atoms with Gasteiger partial charge in [-0.2, -0.15) is 11.8 Å². The Bertz CT molecular complexity index is 449. The first-order valence-corrected chi connectivity index (χ1v) is 8.15. The smallest absolute Gasteiger partial charge is 0.237 e. The van der Waals surface area contributed by atoms with Gasteiger partial charge in [-0.15, -0.1) is 0 Å². The molecule has 0 saturated carbocycles. The maximum absolute atomic E-state index is 11.6. The lowest BCUT2D eigenvalue weighted by Gasteiger charge is -2.12. The van der Waals surface area contributed by atoms with Crippen molar-refractivity contribution in [1.82, 2.24) is 10.3 Å². The van der Waals surface area contributed by atoms with E-state index in [1.807, 2.05) is 6.26 Å². The fraction of sp³-hybridized carbons (Fsp3) is 0.500. The molecule has 1 atom stereocenters. The van der Waals surface area contributed by atoms with Crippen molar-refractivity contribution in [2.45, 2.75) is 12.5 Å². The molecule has 3 N–H and O–H groups in total. The van der Waals surface area contributed by atoms with Crippen LogP contribution >= 0.6 is 35.0 Å². The zero-order valence-corrected chi connectivity index (χ0v) is 13.4. The summed E-state index contributed by atoms with van der Waals surface area (Å²) in [5.41, 5.74) is 5.72. The van der Waals surface area contributed by atoms with Gasteiger partial charge in [0.25, 0.3) is 0 Å². The number of rotatable bonds is 8. The highest BCUT2D eigenvalue weighted by atomic mass is 35.5. The van der Waals surface area contributed by atoms with Gasteiger partial charge in [0.05, 0.1) is 17.6 Å². The molecule has 5 nitrogen and oxygen atoms in total. The average Bonchev–Trinajstić information content (AvgIpc) is 2.42. The molecule has 0 saturated heterocycles. The highest BCUT2D eigenvalue weighted by Crippen LogP contribution is 2.24. The molecule has 1 aromatic rings. The van der Waals surface area contributed by atoms with Gasteiger partial charge in [0.1, 0.15) is 11.6 Å². The minimum Gasteiger partial charge on any atom is -0.475 e. The van der Waals surface area contributed by atoms with Crippen molar-refractivity contribution in [1.29, 1.82) is 0 Å². The molecule has 8 heteroatoms. The number of halogens is 2. The van der Waals surface area contributed by atoms with E-state index >= 15 is 0 Å². The minimum absolute atomic E-state index is 0.183. The number of nitrogens with zero attached hydrogens (tertiary/aromatic N) is 1. The van der Waals surface area contributed by atoms with E-state index in [2.05, 4.69) is 10.3 Å². The lowest BCUT2D eigenvalue weighted by Crippen LogP contribution is -2.42. The summed E-state index contributed by atoms with van der Waals surface area (Å²) in [5, 5.41) is 3.47. The first-order valence-electron chi connectivity index (χ1n) is 6.00. The summed E-state index contributed by atoms with van der Waals surface area (Å²) in [6, 6.07) is 1.06. The third kappa shape index (κ3) is 6.17. The molecule has 0 aliphatic heterocycles. The van der Waals surface area contributed by atoms with Crippen molar-refractivity contribution in [2.24, 2.45) is 5.73 Å². The molecule has 1 heterocycles. The van der Waals surface area contributed by atoms with Gasteiger partial charge in [0, 0.05) is 6.20 Å². The summed E-state index contributed by atoms with van der Waals surface area (Å²) >= 11 is 13.3. The van der Waals surface area contributed by atoms with Gasteiger partial charge >= 0.3 is 0 Å². The summed E-state index contributed by atoms with van der Waals surface area (Å²) < 4.78 is 5.34. The third-order valence-corrected chi connectivity index (χ3v) is 3.51. The zero-order chi connectivity index (χ0) is 15.0. The lowest BCUT2D eigenvalue weighted by molar-refractivity contribution is -0.122. The summed E-state index contributed by atoms with van der Waals surface area (Å²) in [7, 11) is 0. The first-order chi connectivity index (χ1) is 9.54. The fourth-order valence-electron chi connectivity index (χ4n) is 1.34. The number of nitrogens with one attached hydrogen (secondary N) is 1. The van der Waals surface area contributed by atoms with Crippen molar-refractivity contribution in [3.63, 3.8) is 0 Å². The molecule has 0 bridgehead atoms. The van der Waals surface area contributed by atoms with E-state index in [0.29, 0.717) is 23.0 Å². The molecule has 1 aromatic heterocycles. The van der Waals surface area contributed by atoms with E-state index in [1.54, 1.807) is 17.8 Å². The summed E-state index contributed by atoms with van der Waals surface area (Å²) in [4.78, 5) is 15.6. The molecule has 0 aliphatic carbocycles. The predicted molar refractivity (Wildman–Crippen MR) is 83.7 cm³/mol. The first kappa shape index (κ1) is 17.4. The largest absolute Gasteiger partial charge is 0.475 e. The van der Waals surface area contributed by atoms with Crippen LogP contribution in [0.5, 0.6) is 5.88 Å². The molecule has 0 unspecified atom stereocenters. The van der Waals surface area contributed by atoms with Gasteiger partial charge in [-0.1, -0.05) is 23.2 Å². The molecular weight excluding hydrogens is 321 g/mol. The molecule has 0 spiro atoms. The fourth-order valence-corrected chi connectivity index (χ4v) is 2.26. The Labute approximate surface area is 132 Å². The van der Waals surface area contributed by atoms with Crippen LogP contribution in [0.15, 0.2) is 12.3 Å². The third-order valence-electron chi connectivity index (χ3n) is 2.38. The second-order valence-corrected chi connectivity index (χ2v) is 5.80. The molecule has 0 fully saturated rings. The van der Waals surface area contributed by atoms with Crippen LogP contribution in [-0.4, -0.2) is 42.1 Å². The van der Waals surface area contributed by atoms with Crippen LogP contribution in [-0.2, 0) is 4.79 Å². The molecule has 20 heavy (non-hydrogen) atoms. The topological polar surface area (TPSA) is 77.2 Å². The van der Waals surface area contributed by atoms with Crippen LogP contribution in [0.2, 0.25) is 10.0 Å². The van der Waals surface area contributed by atoms with Crippen LogP contribution in [0.4, 0.5) is 0 Å². The molecule has 1 rings (SSSR count). The Kier molecular flexibility index (Phi) is 8.06. The number of carbonyl (C=O) groups excluding carboxylic acids is 1. The molecule has 0 aromatic carbocycles. The quantitative estimate of drug-likeness (QED) is 0.709. The van der Waals surface area contributed by atoms with Gasteiger partial charge in [-0.05, 0) is 24.5 Å².